The van der Waals surface area contributed by atoms with Crippen molar-refractivity contribution in [2.75, 3.05) is 14.2 Å². The number of aryl methyl sites for hydroxylation is 1. The van der Waals surface area contributed by atoms with Crippen LogP contribution in [-0.4, -0.2) is 14.2 Å². The summed E-state index contributed by atoms with van der Waals surface area (Å²) in [7, 11) is 3.20. The van der Waals surface area contributed by atoms with Crippen molar-refractivity contribution in [3.8, 4) is 11.5 Å². The molecule has 2 aromatic carbocycles. The molecule has 0 N–H and O–H groups in total. The third-order valence-corrected chi connectivity index (χ3v) is 3.31. The monoisotopic (exact) mass is 270 g/mol. The van der Waals surface area contributed by atoms with E-state index in [0.29, 0.717) is 28.2 Å². The summed E-state index contributed by atoms with van der Waals surface area (Å²) in [5.74, 6) is 1.96. The number of ether oxygens (including phenoxy) is 2. The van der Waals surface area contributed by atoms with Crippen LogP contribution in [0.25, 0.3) is 21.7 Å². The van der Waals surface area contributed by atoms with Gasteiger partial charge in [0.25, 0.3) is 0 Å². The summed E-state index contributed by atoms with van der Waals surface area (Å²) < 4.78 is 16.2. The molecule has 3 rings (SSSR count). The van der Waals surface area contributed by atoms with Gasteiger partial charge in [0.15, 0.2) is 5.43 Å². The molecule has 0 saturated carbocycles. The van der Waals surface area contributed by atoms with Crippen molar-refractivity contribution in [1.29, 1.82) is 0 Å². The first-order chi connectivity index (χ1) is 9.62. The Labute approximate surface area is 115 Å². The van der Waals surface area contributed by atoms with Crippen LogP contribution < -0.4 is 14.9 Å². The Bertz CT molecular complexity index is 862. The van der Waals surface area contributed by atoms with Crippen molar-refractivity contribution < 1.29 is 13.9 Å². The van der Waals surface area contributed by atoms with Crippen LogP contribution in [0.2, 0.25) is 0 Å². The summed E-state index contributed by atoms with van der Waals surface area (Å²) >= 11 is 0. The molecule has 20 heavy (non-hydrogen) atoms. The van der Waals surface area contributed by atoms with Gasteiger partial charge in [0.1, 0.15) is 22.8 Å². The third kappa shape index (κ3) is 1.90. The second-order valence-corrected chi connectivity index (χ2v) is 4.62. The van der Waals surface area contributed by atoms with Crippen LogP contribution >= 0.6 is 0 Å². The van der Waals surface area contributed by atoms with Gasteiger partial charge in [-0.15, -0.1) is 0 Å². The number of methoxy groups -OCH3 is 2. The Morgan fingerprint density at radius 2 is 1.75 bits per heavy atom. The first-order valence-electron chi connectivity index (χ1n) is 6.22. The molecule has 0 fully saturated rings. The maximum atomic E-state index is 12.0. The molecule has 0 radical (unpaired) electrons. The predicted octanol–water partition coefficient (Wildman–Crippen LogP) is 3.27. The average molecular weight is 270 g/mol. The summed E-state index contributed by atoms with van der Waals surface area (Å²) in [6.45, 7) is 1.76. The molecular formula is C16H14O4. The molecule has 0 aliphatic heterocycles. The smallest absolute Gasteiger partial charge is 0.192 e. The van der Waals surface area contributed by atoms with Gasteiger partial charge in [-0.2, -0.15) is 0 Å². The van der Waals surface area contributed by atoms with E-state index in [1.807, 2.05) is 12.1 Å². The predicted molar refractivity (Wildman–Crippen MR) is 77.8 cm³/mol. The highest BCUT2D eigenvalue weighted by Crippen LogP contribution is 2.33. The molecular weight excluding hydrogens is 256 g/mol. The second kappa shape index (κ2) is 4.56. The van der Waals surface area contributed by atoms with Crippen LogP contribution in [-0.2, 0) is 0 Å². The minimum Gasteiger partial charge on any atom is -0.497 e. The van der Waals surface area contributed by atoms with Gasteiger partial charge in [-0.05, 0) is 30.5 Å². The van der Waals surface area contributed by atoms with Crippen LogP contribution in [0.15, 0.2) is 39.5 Å². The fourth-order valence-electron chi connectivity index (χ4n) is 2.36. The van der Waals surface area contributed by atoms with E-state index in [4.69, 9.17) is 13.9 Å². The van der Waals surface area contributed by atoms with Gasteiger partial charge in [0, 0.05) is 17.5 Å². The van der Waals surface area contributed by atoms with Gasteiger partial charge in [0.2, 0.25) is 0 Å². The van der Waals surface area contributed by atoms with Crippen LogP contribution in [0.4, 0.5) is 0 Å². The highest BCUT2D eigenvalue weighted by atomic mass is 16.5. The molecule has 0 atom stereocenters. The van der Waals surface area contributed by atoms with E-state index >= 15 is 0 Å². The molecule has 3 aromatic rings. The molecule has 0 bridgehead atoms. The van der Waals surface area contributed by atoms with Crippen molar-refractivity contribution >= 4 is 21.7 Å². The lowest BCUT2D eigenvalue weighted by molar-refractivity contribution is 0.398. The molecule has 0 saturated heterocycles. The molecule has 0 unspecified atom stereocenters. The van der Waals surface area contributed by atoms with E-state index in [-0.39, 0.29) is 5.43 Å². The highest BCUT2D eigenvalue weighted by Gasteiger charge is 2.10. The Hall–Kier alpha value is -2.49. The number of hydrogen-bond donors (Lipinski definition) is 0. The zero-order valence-electron chi connectivity index (χ0n) is 11.5. The maximum absolute atomic E-state index is 12.0. The van der Waals surface area contributed by atoms with Gasteiger partial charge in [-0.25, -0.2) is 0 Å². The second-order valence-electron chi connectivity index (χ2n) is 4.62. The highest BCUT2D eigenvalue weighted by molar-refractivity contribution is 5.99. The molecule has 4 nitrogen and oxygen atoms in total. The van der Waals surface area contributed by atoms with E-state index in [1.165, 1.54) is 6.07 Å². The van der Waals surface area contributed by atoms with E-state index in [1.54, 1.807) is 33.3 Å². The Morgan fingerprint density at radius 1 is 0.950 bits per heavy atom. The number of rotatable bonds is 2. The summed E-state index contributed by atoms with van der Waals surface area (Å²) in [5, 5.41) is 2.31. The third-order valence-electron chi connectivity index (χ3n) is 3.31. The van der Waals surface area contributed by atoms with Crippen LogP contribution in [0.5, 0.6) is 11.5 Å². The largest absolute Gasteiger partial charge is 0.497 e. The van der Waals surface area contributed by atoms with E-state index in [2.05, 4.69) is 0 Å². The Balaban J connectivity index is 2.47. The molecule has 1 heterocycles. The lowest BCUT2D eigenvalue weighted by atomic mass is 10.1. The zero-order chi connectivity index (χ0) is 14.3. The van der Waals surface area contributed by atoms with Gasteiger partial charge in [0.05, 0.1) is 19.6 Å². The minimum atomic E-state index is -0.0523. The van der Waals surface area contributed by atoms with Crippen LogP contribution in [0, 0.1) is 6.92 Å². The van der Waals surface area contributed by atoms with Crippen molar-refractivity contribution in [2.45, 2.75) is 6.92 Å². The number of benzene rings is 2. The van der Waals surface area contributed by atoms with Crippen molar-refractivity contribution in [3.63, 3.8) is 0 Å². The first kappa shape index (κ1) is 12.5. The van der Waals surface area contributed by atoms with Crippen molar-refractivity contribution in [1.82, 2.24) is 0 Å². The molecule has 1 aromatic heterocycles. The quantitative estimate of drug-likeness (QED) is 0.670. The Kier molecular flexibility index (Phi) is 2.86. The van der Waals surface area contributed by atoms with E-state index in [9.17, 15) is 4.79 Å². The maximum Gasteiger partial charge on any atom is 0.192 e. The number of hydrogen-bond acceptors (Lipinski definition) is 4. The summed E-state index contributed by atoms with van der Waals surface area (Å²) in [5.41, 5.74) is 0.515. The van der Waals surface area contributed by atoms with Gasteiger partial charge in [-0.3, -0.25) is 4.79 Å². The zero-order valence-corrected chi connectivity index (χ0v) is 11.5. The standard InChI is InChI=1S/C16H14O4/c1-9-4-14(17)13-8-12-10(6-16(13)20-9)5-11(18-2)7-15(12)19-3/h4-8H,1-3H3. The summed E-state index contributed by atoms with van der Waals surface area (Å²) in [4.78, 5) is 12.0. The van der Waals surface area contributed by atoms with Crippen LogP contribution in [0.3, 0.4) is 0 Å². The number of fused-ring (bicyclic) bond motifs is 2. The molecule has 0 aliphatic rings. The van der Waals surface area contributed by atoms with Gasteiger partial charge in [-0.1, -0.05) is 0 Å². The molecule has 0 aliphatic carbocycles. The lowest BCUT2D eigenvalue weighted by Crippen LogP contribution is -2.00. The normalized spacial score (nSPS) is 10.9. The van der Waals surface area contributed by atoms with Crippen molar-refractivity contribution in [3.05, 3.63) is 46.3 Å². The summed E-state index contributed by atoms with van der Waals surface area (Å²) in [6.07, 6.45) is 0. The van der Waals surface area contributed by atoms with Crippen molar-refractivity contribution in [2.24, 2.45) is 0 Å². The average Bonchev–Trinajstić information content (AvgIpc) is 2.44. The molecule has 0 amide bonds. The SMILES string of the molecule is COc1cc(OC)c2cc3c(=O)cc(C)oc3cc2c1. The van der Waals surface area contributed by atoms with E-state index in [0.717, 1.165) is 10.8 Å². The van der Waals surface area contributed by atoms with Gasteiger partial charge >= 0.3 is 0 Å². The van der Waals surface area contributed by atoms with Gasteiger partial charge < -0.3 is 13.9 Å². The van der Waals surface area contributed by atoms with E-state index < -0.39 is 0 Å². The molecule has 102 valence electrons. The molecule has 0 spiro atoms. The molecule has 4 heteroatoms. The first-order valence-corrected chi connectivity index (χ1v) is 6.22. The lowest BCUT2D eigenvalue weighted by Gasteiger charge is -2.09. The fourth-order valence-corrected chi connectivity index (χ4v) is 2.36. The minimum absolute atomic E-state index is 0.0523. The van der Waals surface area contributed by atoms with Crippen LogP contribution in [0.1, 0.15) is 5.76 Å². The fraction of sp³-hybridized carbons (Fsp3) is 0.188. The summed E-state index contributed by atoms with van der Waals surface area (Å²) in [6, 6.07) is 8.81. The topological polar surface area (TPSA) is 48.7 Å². The Morgan fingerprint density at radius 3 is 2.45 bits per heavy atom.